The van der Waals surface area contributed by atoms with Gasteiger partial charge in [0.15, 0.2) is 13.7 Å². The summed E-state index contributed by atoms with van der Waals surface area (Å²) < 4.78 is 23.5. The van der Waals surface area contributed by atoms with Crippen molar-refractivity contribution in [3.8, 4) is 0 Å². The van der Waals surface area contributed by atoms with Crippen LogP contribution in [0.15, 0.2) is 12.2 Å². The summed E-state index contributed by atoms with van der Waals surface area (Å²) in [4.78, 5) is 40.0. The third kappa shape index (κ3) is 2.38. The van der Waals surface area contributed by atoms with Crippen LogP contribution < -0.4 is 0 Å². The van der Waals surface area contributed by atoms with Crippen LogP contribution in [-0.4, -0.2) is 51.6 Å². The van der Waals surface area contributed by atoms with Crippen molar-refractivity contribution in [3.63, 3.8) is 0 Å². The topological polar surface area (TPSA) is 88.1 Å². The average Bonchev–Trinajstić information content (AvgIpc) is 3.13. The number of ether oxygens (including phenoxy) is 3. The Balaban J connectivity index is 1.70. The minimum Gasteiger partial charge on any atom is -0.469 e. The molecule has 32 heavy (non-hydrogen) atoms. The summed E-state index contributed by atoms with van der Waals surface area (Å²) in [5, 5.41) is 0. The highest BCUT2D eigenvalue weighted by atomic mass is 28.4. The van der Waals surface area contributed by atoms with Crippen molar-refractivity contribution < 1.29 is 33.0 Å². The van der Waals surface area contributed by atoms with Gasteiger partial charge < -0.3 is 18.6 Å². The van der Waals surface area contributed by atoms with Crippen LogP contribution in [0, 0.1) is 28.6 Å². The van der Waals surface area contributed by atoms with E-state index in [1.807, 2.05) is 0 Å². The predicted octanol–water partition coefficient (Wildman–Crippen LogP) is 3.38. The summed E-state index contributed by atoms with van der Waals surface area (Å²) in [5.74, 6) is -2.71. The van der Waals surface area contributed by atoms with E-state index in [1.54, 1.807) is 0 Å². The number of methoxy groups -OCH3 is 2. The van der Waals surface area contributed by atoms with Gasteiger partial charge in [-0.05, 0) is 75.6 Å². The number of carbonyl (C=O) groups is 3. The van der Waals surface area contributed by atoms with Gasteiger partial charge in [-0.15, -0.1) is 0 Å². The molecule has 8 heteroatoms. The van der Waals surface area contributed by atoms with Crippen LogP contribution >= 0.6 is 0 Å². The molecule has 0 radical (unpaired) electrons. The molecule has 0 N–H and O–H groups in total. The lowest BCUT2D eigenvalue weighted by molar-refractivity contribution is -0.171. The maximum absolute atomic E-state index is 13.5. The molecule has 7 atom stereocenters. The molecule has 5 fully saturated rings. The maximum Gasteiger partial charge on any atom is 0.324 e. The first kappa shape index (κ1) is 22.1. The molecule has 5 aliphatic rings. The first-order chi connectivity index (χ1) is 14.9. The zero-order chi connectivity index (χ0) is 23.3. The molecular weight excluding hydrogens is 428 g/mol. The van der Waals surface area contributed by atoms with Crippen molar-refractivity contribution in [3.05, 3.63) is 12.2 Å². The zero-order valence-corrected chi connectivity index (χ0v) is 20.7. The van der Waals surface area contributed by atoms with Gasteiger partial charge in [0, 0.05) is 11.8 Å². The summed E-state index contributed by atoms with van der Waals surface area (Å²) in [6.45, 7) is 11.0. The fourth-order valence-electron chi connectivity index (χ4n) is 8.70. The molecule has 1 saturated heterocycles. The maximum atomic E-state index is 13.5. The van der Waals surface area contributed by atoms with Gasteiger partial charge in [0.2, 0.25) is 0 Å². The van der Waals surface area contributed by atoms with Gasteiger partial charge >= 0.3 is 17.9 Å². The van der Waals surface area contributed by atoms with Crippen LogP contribution in [0.25, 0.3) is 0 Å². The molecular formula is C24H34O7Si. The minimum absolute atomic E-state index is 0.0301. The van der Waals surface area contributed by atoms with Crippen LogP contribution in [0.4, 0.5) is 0 Å². The average molecular weight is 463 g/mol. The second kappa shape index (κ2) is 6.47. The van der Waals surface area contributed by atoms with Gasteiger partial charge in [0.25, 0.3) is 0 Å². The van der Waals surface area contributed by atoms with E-state index >= 15 is 0 Å². The molecule has 4 bridgehead atoms. The molecule has 0 amide bonds. The Morgan fingerprint density at radius 3 is 2.47 bits per heavy atom. The molecule has 0 aromatic rings. The van der Waals surface area contributed by atoms with E-state index in [9.17, 15) is 14.4 Å². The summed E-state index contributed by atoms with van der Waals surface area (Å²) in [5.41, 5.74) is -2.20. The van der Waals surface area contributed by atoms with E-state index in [0.717, 1.165) is 18.4 Å². The van der Waals surface area contributed by atoms with Crippen LogP contribution in [0.1, 0.15) is 44.9 Å². The van der Waals surface area contributed by atoms with Gasteiger partial charge in [-0.3, -0.25) is 14.4 Å². The van der Waals surface area contributed by atoms with Gasteiger partial charge in [0.1, 0.15) is 5.60 Å². The smallest absolute Gasteiger partial charge is 0.324 e. The van der Waals surface area contributed by atoms with Crippen LogP contribution in [0.2, 0.25) is 19.6 Å². The summed E-state index contributed by atoms with van der Waals surface area (Å²) >= 11 is 0. The fraction of sp³-hybridized carbons (Fsp3) is 0.792. The normalized spacial score (nSPS) is 46.3. The summed E-state index contributed by atoms with van der Waals surface area (Å²) in [6, 6.07) is 0. The highest BCUT2D eigenvalue weighted by Crippen LogP contribution is 2.79. The van der Waals surface area contributed by atoms with Crippen molar-refractivity contribution in [1.82, 2.24) is 0 Å². The lowest BCUT2D eigenvalue weighted by atomic mass is 9.59. The molecule has 0 aromatic carbocycles. The van der Waals surface area contributed by atoms with Crippen molar-refractivity contribution in [2.75, 3.05) is 14.2 Å². The highest BCUT2D eigenvalue weighted by Gasteiger charge is 2.86. The second-order valence-corrected chi connectivity index (χ2v) is 16.1. The lowest BCUT2D eigenvalue weighted by Crippen LogP contribution is -2.52. The molecule has 4 saturated carbocycles. The number of esters is 3. The minimum atomic E-state index is -1.90. The Morgan fingerprint density at radius 2 is 1.84 bits per heavy atom. The molecule has 1 spiro atoms. The largest absolute Gasteiger partial charge is 0.469 e. The lowest BCUT2D eigenvalue weighted by Gasteiger charge is -2.48. The Bertz CT molecular complexity index is 924. The van der Waals surface area contributed by atoms with Crippen LogP contribution in [-0.2, 0) is 33.0 Å². The Hall–Kier alpha value is -1.67. The van der Waals surface area contributed by atoms with E-state index in [2.05, 4.69) is 26.2 Å². The third-order valence-electron chi connectivity index (χ3n) is 9.22. The Morgan fingerprint density at radius 1 is 1.12 bits per heavy atom. The highest BCUT2D eigenvalue weighted by molar-refractivity contribution is 6.69. The zero-order valence-electron chi connectivity index (χ0n) is 19.7. The number of hydrogen-bond donors (Lipinski definition) is 0. The molecule has 4 unspecified atom stereocenters. The molecule has 4 aliphatic carbocycles. The molecule has 5 rings (SSSR count). The van der Waals surface area contributed by atoms with Crippen molar-refractivity contribution in [1.29, 1.82) is 0 Å². The number of carbonyl (C=O) groups excluding carboxylic acids is 3. The number of fused-ring (bicyclic) bond motifs is 1. The first-order valence-corrected chi connectivity index (χ1v) is 15.1. The standard InChI is InChI=1S/C24H34O7Si/c1-14-12-21-13-22(14,31-32(4,5)6)11-8-15(21)24-10-7-9-23(19(26)29-3,20(27)30-24)17(24)16(21)18(25)28-2/h15-17H,1,7-13H2,2-6H3/t15?,16?,17?,21-,22-,23?,24+/m0/s1. The second-order valence-electron chi connectivity index (χ2n) is 11.6. The van der Waals surface area contributed by atoms with Gasteiger partial charge in [-0.2, -0.15) is 0 Å². The van der Waals surface area contributed by atoms with Crippen molar-refractivity contribution >= 4 is 26.2 Å². The Kier molecular flexibility index (Phi) is 4.47. The fourth-order valence-corrected chi connectivity index (χ4v) is 10.2. The van der Waals surface area contributed by atoms with E-state index in [1.165, 1.54) is 14.2 Å². The van der Waals surface area contributed by atoms with Crippen molar-refractivity contribution in [2.45, 2.75) is 75.8 Å². The first-order valence-electron chi connectivity index (χ1n) is 11.7. The Labute approximate surface area is 190 Å². The monoisotopic (exact) mass is 462 g/mol. The number of hydrogen-bond acceptors (Lipinski definition) is 7. The third-order valence-corrected chi connectivity index (χ3v) is 10.2. The van der Waals surface area contributed by atoms with Crippen molar-refractivity contribution in [2.24, 2.45) is 28.6 Å². The molecule has 0 aromatic heterocycles. The molecule has 1 heterocycles. The van der Waals surface area contributed by atoms with Crippen LogP contribution in [0.3, 0.4) is 0 Å². The predicted molar refractivity (Wildman–Crippen MR) is 117 cm³/mol. The molecule has 176 valence electrons. The molecule has 1 aliphatic heterocycles. The van der Waals surface area contributed by atoms with E-state index in [-0.39, 0.29) is 11.9 Å². The van der Waals surface area contributed by atoms with Gasteiger partial charge in [-0.25, -0.2) is 0 Å². The number of rotatable bonds is 4. The summed E-state index contributed by atoms with van der Waals surface area (Å²) in [6.07, 6.45) is 4.58. The van der Waals surface area contributed by atoms with Gasteiger partial charge in [-0.1, -0.05) is 6.58 Å². The summed E-state index contributed by atoms with van der Waals surface area (Å²) in [7, 11) is 0.786. The molecule has 7 nitrogen and oxygen atoms in total. The van der Waals surface area contributed by atoms with Crippen LogP contribution in [0.5, 0.6) is 0 Å². The van der Waals surface area contributed by atoms with E-state index < -0.39 is 54.1 Å². The van der Waals surface area contributed by atoms with E-state index in [4.69, 9.17) is 18.6 Å². The SMILES string of the molecule is C=C1C[C@]23C[C@@]1(O[Si](C)(C)C)CCC2[C@@]12CCCC(C(=O)OC)(C(=O)O1)C2C3C(=O)OC. The van der Waals surface area contributed by atoms with E-state index in [0.29, 0.717) is 32.1 Å². The quantitative estimate of drug-likeness (QED) is 0.208. The van der Waals surface area contributed by atoms with Gasteiger partial charge in [0.05, 0.1) is 25.7 Å².